The maximum Gasteiger partial charge on any atom is 0.0697 e. The number of aromatic nitrogens is 3. The first-order valence-electron chi connectivity index (χ1n) is 5.15. The molecular weight excluding hydrogens is 186 g/mol. The molecule has 1 aromatic carbocycles. The van der Waals surface area contributed by atoms with Crippen molar-refractivity contribution in [1.82, 2.24) is 15.0 Å². The third kappa shape index (κ3) is 1.91. The van der Waals surface area contributed by atoms with Gasteiger partial charge in [0.1, 0.15) is 0 Å². The smallest absolute Gasteiger partial charge is 0.0697 e. The maximum atomic E-state index is 3.97. The van der Waals surface area contributed by atoms with Gasteiger partial charge in [-0.25, -0.2) is 4.68 Å². The van der Waals surface area contributed by atoms with E-state index in [9.17, 15) is 0 Å². The molecule has 2 rings (SSSR count). The maximum absolute atomic E-state index is 3.97. The van der Waals surface area contributed by atoms with Gasteiger partial charge in [0.2, 0.25) is 0 Å². The lowest BCUT2D eigenvalue weighted by molar-refractivity contribution is 0.797. The first kappa shape index (κ1) is 9.90. The van der Waals surface area contributed by atoms with Gasteiger partial charge in [-0.05, 0) is 36.1 Å². The summed E-state index contributed by atoms with van der Waals surface area (Å²) in [6.45, 7) is 6.55. The summed E-state index contributed by atoms with van der Waals surface area (Å²) in [6, 6.07) is 6.39. The Hall–Kier alpha value is -1.64. The summed E-state index contributed by atoms with van der Waals surface area (Å²) in [5.74, 6) is 0.565. The predicted molar refractivity (Wildman–Crippen MR) is 60.2 cm³/mol. The van der Waals surface area contributed by atoms with Gasteiger partial charge in [0.25, 0.3) is 0 Å². The van der Waals surface area contributed by atoms with Gasteiger partial charge in [-0.15, -0.1) is 5.10 Å². The Morgan fingerprint density at radius 1 is 1.27 bits per heavy atom. The highest BCUT2D eigenvalue weighted by atomic mass is 15.4. The molecule has 0 amide bonds. The van der Waals surface area contributed by atoms with E-state index in [1.54, 1.807) is 10.9 Å². The van der Waals surface area contributed by atoms with Crippen molar-refractivity contribution in [1.29, 1.82) is 0 Å². The van der Waals surface area contributed by atoms with Crippen LogP contribution in [0.3, 0.4) is 0 Å². The molecule has 0 aliphatic rings. The Balaban J connectivity index is 2.42. The van der Waals surface area contributed by atoms with Crippen LogP contribution >= 0.6 is 0 Å². The van der Waals surface area contributed by atoms with Crippen LogP contribution in [0.5, 0.6) is 0 Å². The van der Waals surface area contributed by atoms with Crippen LogP contribution in [0.2, 0.25) is 0 Å². The molecule has 1 heterocycles. The second-order valence-corrected chi connectivity index (χ2v) is 4.04. The van der Waals surface area contributed by atoms with Crippen LogP contribution in [0.1, 0.15) is 30.9 Å². The highest BCUT2D eigenvalue weighted by Gasteiger charge is 2.05. The van der Waals surface area contributed by atoms with Crippen LogP contribution in [0.4, 0.5) is 0 Å². The van der Waals surface area contributed by atoms with Gasteiger partial charge >= 0.3 is 0 Å². The third-order valence-corrected chi connectivity index (χ3v) is 2.56. The summed E-state index contributed by atoms with van der Waals surface area (Å²) in [6.07, 6.45) is 3.54. The van der Waals surface area contributed by atoms with E-state index in [1.807, 2.05) is 6.20 Å². The van der Waals surface area contributed by atoms with Crippen molar-refractivity contribution >= 4 is 0 Å². The molecule has 0 radical (unpaired) electrons. The second-order valence-electron chi connectivity index (χ2n) is 4.04. The summed E-state index contributed by atoms with van der Waals surface area (Å²) < 4.78 is 1.77. The normalized spacial score (nSPS) is 10.9. The minimum atomic E-state index is 0.565. The number of nitrogens with zero attached hydrogens (tertiary/aromatic N) is 3. The number of rotatable bonds is 2. The molecule has 0 atom stereocenters. The highest BCUT2D eigenvalue weighted by Crippen LogP contribution is 2.21. The summed E-state index contributed by atoms with van der Waals surface area (Å²) in [5.41, 5.74) is 3.76. The fourth-order valence-corrected chi connectivity index (χ4v) is 1.80. The van der Waals surface area contributed by atoms with Crippen molar-refractivity contribution in [2.24, 2.45) is 0 Å². The molecule has 0 saturated heterocycles. The fourth-order valence-electron chi connectivity index (χ4n) is 1.80. The van der Waals surface area contributed by atoms with E-state index in [1.165, 1.54) is 11.1 Å². The van der Waals surface area contributed by atoms with Gasteiger partial charge < -0.3 is 0 Å². The molecular formula is C12H15N3. The minimum Gasteiger partial charge on any atom is -0.221 e. The van der Waals surface area contributed by atoms with Crippen molar-refractivity contribution < 1.29 is 0 Å². The Kier molecular flexibility index (Phi) is 2.54. The number of hydrogen-bond donors (Lipinski definition) is 0. The van der Waals surface area contributed by atoms with Crippen LogP contribution in [0.15, 0.2) is 30.6 Å². The molecule has 3 heteroatoms. The van der Waals surface area contributed by atoms with Crippen molar-refractivity contribution in [3.63, 3.8) is 0 Å². The molecule has 0 N–H and O–H groups in total. The zero-order chi connectivity index (χ0) is 10.8. The summed E-state index contributed by atoms with van der Waals surface area (Å²) in [7, 11) is 0. The summed E-state index contributed by atoms with van der Waals surface area (Å²) in [4.78, 5) is 0. The van der Waals surface area contributed by atoms with Crippen LogP contribution in [0, 0.1) is 6.92 Å². The standard InChI is InChI=1S/C12H15N3/c1-9(2)12-5-4-11(8-10(12)3)15-7-6-13-14-15/h4-9H,1-3H3. The van der Waals surface area contributed by atoms with E-state index in [2.05, 4.69) is 49.3 Å². The van der Waals surface area contributed by atoms with Gasteiger partial charge in [-0.3, -0.25) is 0 Å². The number of benzene rings is 1. The topological polar surface area (TPSA) is 30.7 Å². The van der Waals surface area contributed by atoms with E-state index < -0.39 is 0 Å². The molecule has 78 valence electrons. The number of hydrogen-bond acceptors (Lipinski definition) is 2. The van der Waals surface area contributed by atoms with Gasteiger partial charge in [0, 0.05) is 0 Å². The second kappa shape index (κ2) is 3.85. The Morgan fingerprint density at radius 3 is 2.60 bits per heavy atom. The lowest BCUT2D eigenvalue weighted by Gasteiger charge is -2.11. The predicted octanol–water partition coefficient (Wildman–Crippen LogP) is 2.70. The molecule has 0 unspecified atom stereocenters. The van der Waals surface area contributed by atoms with Gasteiger partial charge in [0.05, 0.1) is 18.1 Å². The molecule has 0 spiro atoms. The lowest BCUT2D eigenvalue weighted by atomic mass is 9.98. The molecule has 2 aromatic rings. The highest BCUT2D eigenvalue weighted by molar-refractivity contribution is 5.40. The van der Waals surface area contributed by atoms with Crippen LogP contribution in [-0.2, 0) is 0 Å². The van der Waals surface area contributed by atoms with Crippen LogP contribution < -0.4 is 0 Å². The molecule has 0 aliphatic carbocycles. The number of aryl methyl sites for hydroxylation is 1. The van der Waals surface area contributed by atoms with Gasteiger partial charge in [-0.2, -0.15) is 0 Å². The molecule has 0 aliphatic heterocycles. The van der Waals surface area contributed by atoms with E-state index in [0.29, 0.717) is 5.92 Å². The Labute approximate surface area is 89.7 Å². The average molecular weight is 201 g/mol. The van der Waals surface area contributed by atoms with Crippen LogP contribution in [0.25, 0.3) is 5.69 Å². The van der Waals surface area contributed by atoms with E-state index in [-0.39, 0.29) is 0 Å². The van der Waals surface area contributed by atoms with Gasteiger partial charge in [-0.1, -0.05) is 25.1 Å². The Bertz CT molecular complexity index is 444. The third-order valence-electron chi connectivity index (χ3n) is 2.56. The molecule has 0 saturated carbocycles. The lowest BCUT2D eigenvalue weighted by Crippen LogP contribution is -1.98. The quantitative estimate of drug-likeness (QED) is 0.748. The minimum absolute atomic E-state index is 0.565. The molecule has 0 bridgehead atoms. The first-order chi connectivity index (χ1) is 7.18. The Morgan fingerprint density at radius 2 is 2.07 bits per heavy atom. The zero-order valence-corrected chi connectivity index (χ0v) is 9.31. The van der Waals surface area contributed by atoms with Crippen molar-refractivity contribution in [3.05, 3.63) is 41.7 Å². The molecule has 0 fully saturated rings. The summed E-state index contributed by atoms with van der Waals surface area (Å²) in [5, 5.41) is 7.77. The average Bonchev–Trinajstić information content (AvgIpc) is 2.69. The summed E-state index contributed by atoms with van der Waals surface area (Å²) >= 11 is 0. The van der Waals surface area contributed by atoms with Crippen molar-refractivity contribution in [3.8, 4) is 5.69 Å². The SMILES string of the molecule is Cc1cc(-n2ccnn2)ccc1C(C)C. The molecule has 1 aromatic heterocycles. The van der Waals surface area contributed by atoms with Crippen LogP contribution in [-0.4, -0.2) is 15.0 Å². The first-order valence-corrected chi connectivity index (χ1v) is 5.15. The van der Waals surface area contributed by atoms with E-state index in [4.69, 9.17) is 0 Å². The van der Waals surface area contributed by atoms with Crippen molar-refractivity contribution in [2.45, 2.75) is 26.7 Å². The molecule has 15 heavy (non-hydrogen) atoms. The fraction of sp³-hybridized carbons (Fsp3) is 0.333. The zero-order valence-electron chi connectivity index (χ0n) is 9.31. The van der Waals surface area contributed by atoms with Gasteiger partial charge in [0.15, 0.2) is 0 Å². The largest absolute Gasteiger partial charge is 0.221 e. The van der Waals surface area contributed by atoms with E-state index >= 15 is 0 Å². The monoisotopic (exact) mass is 201 g/mol. The van der Waals surface area contributed by atoms with E-state index in [0.717, 1.165) is 5.69 Å². The van der Waals surface area contributed by atoms with Crippen molar-refractivity contribution in [2.75, 3.05) is 0 Å². The molecule has 3 nitrogen and oxygen atoms in total.